The molecule has 0 aliphatic rings. The van der Waals surface area contributed by atoms with Gasteiger partial charge >= 0.3 is 11.9 Å². The van der Waals surface area contributed by atoms with E-state index in [9.17, 15) is 9.59 Å². The molecule has 27 heavy (non-hydrogen) atoms. The maximum Gasteiger partial charge on any atom is 0.362 e. The van der Waals surface area contributed by atoms with Crippen LogP contribution in [0.4, 0.5) is 0 Å². The van der Waals surface area contributed by atoms with Gasteiger partial charge in [-0.1, -0.05) is 57.0 Å². The van der Waals surface area contributed by atoms with Crippen LogP contribution < -0.4 is 0 Å². The number of hydrogen-bond acceptors (Lipinski definition) is 7. The average molecular weight is 382 g/mol. The normalized spacial score (nSPS) is 13.7. The summed E-state index contributed by atoms with van der Waals surface area (Å²) in [5.41, 5.74) is 0.418. The molecule has 2 unspecified atom stereocenters. The predicted octanol–water partition coefficient (Wildman–Crippen LogP) is 3.67. The third kappa shape index (κ3) is 5.76. The first-order valence-electron chi connectivity index (χ1n) is 9.22. The lowest BCUT2D eigenvalue weighted by Gasteiger charge is -2.35. The second-order valence-corrected chi connectivity index (χ2v) is 6.25. The Labute approximate surface area is 160 Å². The van der Waals surface area contributed by atoms with E-state index in [0.29, 0.717) is 18.4 Å². The quantitative estimate of drug-likeness (QED) is 0.147. The molecule has 0 aromatic heterocycles. The number of carbonyl (C=O) groups excluding carboxylic acids is 2. The number of benzene rings is 1. The third-order valence-corrected chi connectivity index (χ3v) is 4.59. The van der Waals surface area contributed by atoms with Crippen LogP contribution in [0.1, 0.15) is 51.5 Å². The van der Waals surface area contributed by atoms with Gasteiger partial charge in [0.25, 0.3) is 0 Å². The first-order chi connectivity index (χ1) is 13.0. The monoisotopic (exact) mass is 382 g/mol. The van der Waals surface area contributed by atoms with Gasteiger partial charge in [-0.25, -0.2) is 4.79 Å². The Balaban J connectivity index is 3.18. The number of esters is 1. The fourth-order valence-corrected chi connectivity index (χ4v) is 3.05. The van der Waals surface area contributed by atoms with Gasteiger partial charge in [-0.05, 0) is 19.3 Å². The zero-order valence-electron chi connectivity index (χ0n) is 16.5. The highest BCUT2D eigenvalue weighted by molar-refractivity contribution is 5.96. The summed E-state index contributed by atoms with van der Waals surface area (Å²) in [5, 5.41) is 8.95. The van der Waals surface area contributed by atoms with Crippen molar-refractivity contribution in [3.63, 3.8) is 0 Å². The summed E-state index contributed by atoms with van der Waals surface area (Å²) in [7, 11) is 2.61. The van der Waals surface area contributed by atoms with E-state index in [2.05, 4.69) is 11.8 Å². The molecule has 2 atom stereocenters. The Kier molecular flexibility index (Phi) is 9.99. The lowest BCUT2D eigenvalue weighted by Crippen LogP contribution is -2.49. The van der Waals surface area contributed by atoms with Crippen molar-refractivity contribution in [2.45, 2.75) is 57.8 Å². The minimum atomic E-state index is -1.79. The fraction of sp³-hybridized carbons (Fsp3) is 0.600. The van der Waals surface area contributed by atoms with Crippen LogP contribution in [0.3, 0.4) is 0 Å². The van der Waals surface area contributed by atoms with Crippen LogP contribution in [0.5, 0.6) is 0 Å². The smallest absolute Gasteiger partial charge is 0.362 e. The van der Waals surface area contributed by atoms with Crippen LogP contribution in [-0.4, -0.2) is 37.5 Å². The fourth-order valence-electron chi connectivity index (χ4n) is 3.05. The maximum absolute atomic E-state index is 12.9. The summed E-state index contributed by atoms with van der Waals surface area (Å²) >= 11 is 0. The molecule has 1 N–H and O–H groups in total. The highest BCUT2D eigenvalue weighted by Gasteiger charge is 2.53. The van der Waals surface area contributed by atoms with Gasteiger partial charge in [0.15, 0.2) is 0 Å². The van der Waals surface area contributed by atoms with Gasteiger partial charge in [-0.15, -0.1) is 0 Å². The summed E-state index contributed by atoms with van der Waals surface area (Å²) in [6.07, 6.45) is 3.94. The predicted molar refractivity (Wildman–Crippen MR) is 98.7 cm³/mol. The van der Waals surface area contributed by atoms with Crippen molar-refractivity contribution in [1.29, 1.82) is 0 Å². The van der Waals surface area contributed by atoms with Crippen LogP contribution in [0.2, 0.25) is 0 Å². The molecule has 0 bridgehead atoms. The first kappa shape index (κ1) is 23.1. The van der Waals surface area contributed by atoms with E-state index in [0.717, 1.165) is 19.3 Å². The molecule has 1 aromatic carbocycles. The molecule has 1 aromatic rings. The van der Waals surface area contributed by atoms with Gasteiger partial charge in [0.1, 0.15) is 6.10 Å². The van der Waals surface area contributed by atoms with E-state index < -0.39 is 23.6 Å². The molecule has 1 rings (SSSR count). The molecule has 7 heteroatoms. The Morgan fingerprint density at radius 3 is 2.15 bits per heavy atom. The summed E-state index contributed by atoms with van der Waals surface area (Å²) < 4.78 is 16.5. The summed E-state index contributed by atoms with van der Waals surface area (Å²) in [4.78, 5) is 29.1. The molecule has 0 saturated heterocycles. The van der Waals surface area contributed by atoms with Crippen molar-refractivity contribution in [3.05, 3.63) is 35.9 Å². The van der Waals surface area contributed by atoms with E-state index in [1.54, 1.807) is 30.3 Å². The minimum Gasteiger partial charge on any atom is -0.462 e. The molecule has 0 spiro atoms. The molecule has 0 radical (unpaired) electrons. The SMILES string of the molecule is CCCCCC(CC)OC(=O)C(C(=O)OO)C(OC)(OC)c1ccccc1. The topological polar surface area (TPSA) is 91.3 Å². The zero-order chi connectivity index (χ0) is 20.3. The summed E-state index contributed by atoms with van der Waals surface area (Å²) in [6, 6.07) is 8.51. The lowest BCUT2D eigenvalue weighted by atomic mass is 9.91. The van der Waals surface area contributed by atoms with Crippen molar-refractivity contribution in [2.24, 2.45) is 5.92 Å². The van der Waals surface area contributed by atoms with Gasteiger partial charge in [-0.3, -0.25) is 9.68 Å². The summed E-state index contributed by atoms with van der Waals surface area (Å²) in [5.74, 6) is -5.53. The molecule has 0 aliphatic carbocycles. The number of ether oxygens (including phenoxy) is 3. The molecule has 0 aliphatic heterocycles. The van der Waals surface area contributed by atoms with Crippen LogP contribution >= 0.6 is 0 Å². The van der Waals surface area contributed by atoms with Gasteiger partial charge in [0, 0.05) is 19.8 Å². The van der Waals surface area contributed by atoms with E-state index in [1.165, 1.54) is 14.2 Å². The van der Waals surface area contributed by atoms with E-state index >= 15 is 0 Å². The number of methoxy groups -OCH3 is 2. The minimum absolute atomic E-state index is 0.347. The highest BCUT2D eigenvalue weighted by atomic mass is 17.1. The van der Waals surface area contributed by atoms with E-state index in [-0.39, 0.29) is 6.10 Å². The highest BCUT2D eigenvalue weighted by Crippen LogP contribution is 2.36. The molecular weight excluding hydrogens is 352 g/mol. The Morgan fingerprint density at radius 2 is 1.67 bits per heavy atom. The van der Waals surface area contributed by atoms with Crippen molar-refractivity contribution in [1.82, 2.24) is 0 Å². The van der Waals surface area contributed by atoms with Crippen molar-refractivity contribution in [2.75, 3.05) is 14.2 Å². The Morgan fingerprint density at radius 1 is 1.04 bits per heavy atom. The molecule has 0 saturated carbocycles. The number of carbonyl (C=O) groups is 2. The van der Waals surface area contributed by atoms with Crippen LogP contribution in [-0.2, 0) is 34.5 Å². The molecular formula is C20H30O7. The Hall–Kier alpha value is -1.96. The molecule has 0 heterocycles. The van der Waals surface area contributed by atoms with Crippen molar-refractivity contribution < 1.29 is 33.9 Å². The van der Waals surface area contributed by atoms with Crippen LogP contribution in [0.25, 0.3) is 0 Å². The second-order valence-electron chi connectivity index (χ2n) is 6.25. The maximum atomic E-state index is 12.9. The lowest BCUT2D eigenvalue weighted by molar-refractivity contribution is -0.281. The van der Waals surface area contributed by atoms with Crippen molar-refractivity contribution in [3.8, 4) is 0 Å². The van der Waals surface area contributed by atoms with Gasteiger partial charge < -0.3 is 14.2 Å². The third-order valence-electron chi connectivity index (χ3n) is 4.59. The largest absolute Gasteiger partial charge is 0.462 e. The Bertz CT molecular complexity index is 569. The number of unbranched alkanes of at least 4 members (excludes halogenated alkanes) is 2. The molecule has 0 fully saturated rings. The molecule has 7 nitrogen and oxygen atoms in total. The van der Waals surface area contributed by atoms with Crippen LogP contribution in [0, 0.1) is 5.92 Å². The van der Waals surface area contributed by atoms with Gasteiger partial charge in [-0.2, -0.15) is 5.26 Å². The standard InChI is InChI=1S/C20H30O7/c1-5-7-9-14-16(6-2)26-18(21)17(19(22)27-23)20(24-3,25-4)15-12-10-8-11-13-15/h8,10-13,16-17,23H,5-7,9,14H2,1-4H3. The zero-order valence-corrected chi connectivity index (χ0v) is 16.5. The number of rotatable bonds is 12. The molecule has 0 amide bonds. The summed E-state index contributed by atoms with van der Waals surface area (Å²) in [6.45, 7) is 3.99. The molecule has 152 valence electrons. The number of hydrogen-bond donors (Lipinski definition) is 1. The van der Waals surface area contributed by atoms with Gasteiger partial charge in [0.2, 0.25) is 11.7 Å². The van der Waals surface area contributed by atoms with Crippen molar-refractivity contribution >= 4 is 11.9 Å². The average Bonchev–Trinajstić information content (AvgIpc) is 2.71. The van der Waals surface area contributed by atoms with Gasteiger partial charge in [0.05, 0.1) is 0 Å². The van der Waals surface area contributed by atoms with E-state index in [1.807, 2.05) is 6.92 Å². The second kappa shape index (κ2) is 11.7. The first-order valence-corrected chi connectivity index (χ1v) is 9.22. The van der Waals surface area contributed by atoms with E-state index in [4.69, 9.17) is 19.5 Å². The van der Waals surface area contributed by atoms with Crippen LogP contribution in [0.15, 0.2) is 30.3 Å².